The number of phenolic OH excluding ortho intramolecular Hbond substituents is 1. The van der Waals surface area contributed by atoms with Gasteiger partial charge in [-0.2, -0.15) is 0 Å². The van der Waals surface area contributed by atoms with Gasteiger partial charge in [0.1, 0.15) is 5.75 Å². The molecule has 30 heavy (non-hydrogen) atoms. The first-order valence-corrected chi connectivity index (χ1v) is 8.58. The van der Waals surface area contributed by atoms with Crippen molar-refractivity contribution in [2.75, 3.05) is 0 Å². The smallest absolute Gasteiger partial charge is 0.505 e. The van der Waals surface area contributed by atoms with Crippen molar-refractivity contribution in [3.63, 3.8) is 0 Å². The molecule has 0 saturated heterocycles. The van der Waals surface area contributed by atoms with E-state index in [1.54, 1.807) is 0 Å². The second-order valence-corrected chi connectivity index (χ2v) is 6.56. The number of carbonyl (C=O) groups excluding carboxylic acids is 1. The number of phenols is 1. The van der Waals surface area contributed by atoms with Crippen molar-refractivity contribution in [1.29, 1.82) is 0 Å². The van der Waals surface area contributed by atoms with Crippen molar-refractivity contribution in [1.82, 2.24) is 4.57 Å². The molecule has 3 rings (SSSR count). The lowest BCUT2D eigenvalue weighted by molar-refractivity contribution is -0.274. The van der Waals surface area contributed by atoms with Crippen molar-refractivity contribution in [2.45, 2.75) is 26.1 Å². The zero-order valence-corrected chi connectivity index (χ0v) is 15.6. The Hall–Kier alpha value is -3.56. The number of rotatable bonds is 4. The van der Waals surface area contributed by atoms with E-state index < -0.39 is 41.5 Å². The van der Waals surface area contributed by atoms with E-state index in [4.69, 9.17) is 0 Å². The molecule has 0 fully saturated rings. The number of hydrogen-bond acceptors (Lipinski definition) is 4. The number of aliphatic carboxylic acids is 1. The van der Waals surface area contributed by atoms with Gasteiger partial charge in [0.25, 0.3) is 5.91 Å². The van der Waals surface area contributed by atoms with Crippen molar-refractivity contribution in [3.05, 3.63) is 59.0 Å². The number of carboxylic acid groups (broad SMARTS) is 1. The number of alkyl halides is 3. The first-order chi connectivity index (χ1) is 13.9. The standard InChI is InChI=1S/C20H15F4NO5/c1-9(19(28)29)15-10(2)25(13-7-8-14(26)17(21)16(13)15)18(27)11-3-5-12(6-4-11)30-20(22,23)24/h3-9,26H,1-2H3,(H,28,29). The number of aromatic nitrogens is 1. The fourth-order valence-corrected chi connectivity index (χ4v) is 3.32. The van der Waals surface area contributed by atoms with Crippen LogP contribution in [-0.4, -0.2) is 33.0 Å². The number of nitrogens with zero attached hydrogens (tertiary/aromatic N) is 1. The summed E-state index contributed by atoms with van der Waals surface area (Å²) in [6.45, 7) is 2.73. The number of fused-ring (bicyclic) bond motifs is 1. The van der Waals surface area contributed by atoms with Gasteiger partial charge >= 0.3 is 12.3 Å². The van der Waals surface area contributed by atoms with E-state index in [0.29, 0.717) is 0 Å². The Labute approximate surface area is 166 Å². The number of carboxylic acids is 1. The van der Waals surface area contributed by atoms with Crippen LogP contribution in [0.15, 0.2) is 36.4 Å². The normalized spacial score (nSPS) is 12.7. The van der Waals surface area contributed by atoms with Crippen LogP contribution in [0.5, 0.6) is 11.5 Å². The molecule has 10 heteroatoms. The number of aromatic hydroxyl groups is 1. The third kappa shape index (κ3) is 3.68. The molecule has 2 aromatic carbocycles. The Morgan fingerprint density at radius 1 is 1.10 bits per heavy atom. The maximum absolute atomic E-state index is 14.7. The Kier molecular flexibility index (Phi) is 5.19. The number of halogens is 4. The second kappa shape index (κ2) is 7.36. The molecule has 2 N–H and O–H groups in total. The van der Waals surface area contributed by atoms with Gasteiger partial charge in [-0.1, -0.05) is 0 Å². The Morgan fingerprint density at radius 3 is 2.23 bits per heavy atom. The summed E-state index contributed by atoms with van der Waals surface area (Å²) in [5.41, 5.74) is 0.125. The molecule has 0 amide bonds. The maximum atomic E-state index is 14.7. The van der Waals surface area contributed by atoms with Crippen LogP contribution < -0.4 is 4.74 Å². The van der Waals surface area contributed by atoms with Gasteiger partial charge in [-0.3, -0.25) is 14.2 Å². The predicted octanol–water partition coefficient (Wildman–Crippen LogP) is 4.57. The lowest BCUT2D eigenvalue weighted by Gasteiger charge is -2.11. The quantitative estimate of drug-likeness (QED) is 0.598. The van der Waals surface area contributed by atoms with Crippen molar-refractivity contribution >= 4 is 22.8 Å². The fraction of sp³-hybridized carbons (Fsp3) is 0.200. The summed E-state index contributed by atoms with van der Waals surface area (Å²) in [7, 11) is 0. The molecule has 1 atom stereocenters. The molecule has 3 aromatic rings. The number of hydrogen-bond donors (Lipinski definition) is 2. The minimum absolute atomic E-state index is 0.0104. The molecule has 0 radical (unpaired) electrons. The summed E-state index contributed by atoms with van der Waals surface area (Å²) in [5, 5.41) is 18.9. The average Bonchev–Trinajstić information content (AvgIpc) is 2.95. The molecule has 1 heterocycles. The highest BCUT2D eigenvalue weighted by molar-refractivity contribution is 6.05. The van der Waals surface area contributed by atoms with Crippen molar-refractivity contribution in [2.24, 2.45) is 0 Å². The highest BCUT2D eigenvalue weighted by atomic mass is 19.4. The zero-order chi connectivity index (χ0) is 22.4. The van der Waals surface area contributed by atoms with Crippen molar-refractivity contribution in [3.8, 4) is 11.5 Å². The SMILES string of the molecule is Cc1c(C(C)C(=O)O)c2c(F)c(O)ccc2n1C(=O)c1ccc(OC(F)(F)F)cc1. The lowest BCUT2D eigenvalue weighted by atomic mass is 9.97. The Morgan fingerprint density at radius 2 is 1.70 bits per heavy atom. The van der Waals surface area contributed by atoms with E-state index in [0.717, 1.165) is 34.9 Å². The van der Waals surface area contributed by atoms with E-state index in [-0.39, 0.29) is 27.7 Å². The minimum atomic E-state index is -4.89. The van der Waals surface area contributed by atoms with Crippen molar-refractivity contribution < 1.29 is 42.1 Å². The van der Waals surface area contributed by atoms with Crippen LogP contribution in [0, 0.1) is 12.7 Å². The van der Waals surface area contributed by atoms with E-state index in [1.807, 2.05) is 0 Å². The molecule has 0 bridgehead atoms. The maximum Gasteiger partial charge on any atom is 0.573 e. The summed E-state index contributed by atoms with van der Waals surface area (Å²) in [6, 6.07) is 6.40. The number of carbonyl (C=O) groups is 2. The Balaban J connectivity index is 2.16. The molecule has 0 saturated carbocycles. The first kappa shape index (κ1) is 21.2. The molecular weight excluding hydrogens is 410 g/mol. The number of benzene rings is 2. The molecule has 0 aliphatic carbocycles. The third-order valence-corrected chi connectivity index (χ3v) is 4.68. The highest BCUT2D eigenvalue weighted by Crippen LogP contribution is 2.37. The first-order valence-electron chi connectivity index (χ1n) is 8.58. The minimum Gasteiger partial charge on any atom is -0.505 e. The highest BCUT2D eigenvalue weighted by Gasteiger charge is 2.32. The van der Waals surface area contributed by atoms with Crippen LogP contribution in [0.3, 0.4) is 0 Å². The molecule has 0 aliphatic rings. The molecule has 6 nitrogen and oxygen atoms in total. The van der Waals surface area contributed by atoms with Crippen LogP contribution in [0.25, 0.3) is 10.9 Å². The summed E-state index contributed by atoms with van der Waals surface area (Å²) in [4.78, 5) is 24.6. The molecule has 1 aromatic heterocycles. The van der Waals surface area contributed by atoms with Gasteiger partial charge in [0, 0.05) is 16.6 Å². The van der Waals surface area contributed by atoms with Gasteiger partial charge < -0.3 is 14.9 Å². The van der Waals surface area contributed by atoms with Crippen LogP contribution in [0.1, 0.15) is 34.5 Å². The summed E-state index contributed by atoms with van der Waals surface area (Å²) >= 11 is 0. The van der Waals surface area contributed by atoms with Gasteiger partial charge in [0.15, 0.2) is 11.6 Å². The van der Waals surface area contributed by atoms with E-state index in [1.165, 1.54) is 19.9 Å². The number of ether oxygens (including phenoxy) is 1. The topological polar surface area (TPSA) is 88.8 Å². The molecular formula is C20H15F4NO5. The largest absolute Gasteiger partial charge is 0.573 e. The average molecular weight is 425 g/mol. The van der Waals surface area contributed by atoms with Gasteiger partial charge in [0.05, 0.1) is 11.4 Å². The molecule has 0 aliphatic heterocycles. The zero-order valence-electron chi connectivity index (χ0n) is 15.6. The summed E-state index contributed by atoms with van der Waals surface area (Å²) < 4.78 is 56.4. The molecule has 1 unspecified atom stereocenters. The van der Waals surface area contributed by atoms with Gasteiger partial charge in [-0.05, 0) is 55.8 Å². The van der Waals surface area contributed by atoms with Gasteiger partial charge in [-0.25, -0.2) is 4.39 Å². The van der Waals surface area contributed by atoms with Gasteiger partial charge in [-0.15, -0.1) is 13.2 Å². The summed E-state index contributed by atoms with van der Waals surface area (Å²) in [6.07, 6.45) is -4.89. The van der Waals surface area contributed by atoms with E-state index >= 15 is 0 Å². The van der Waals surface area contributed by atoms with Crippen LogP contribution >= 0.6 is 0 Å². The van der Waals surface area contributed by atoms with Crippen LogP contribution in [-0.2, 0) is 4.79 Å². The monoisotopic (exact) mass is 425 g/mol. The van der Waals surface area contributed by atoms with Crippen LogP contribution in [0.2, 0.25) is 0 Å². The van der Waals surface area contributed by atoms with E-state index in [2.05, 4.69) is 4.74 Å². The third-order valence-electron chi connectivity index (χ3n) is 4.68. The van der Waals surface area contributed by atoms with E-state index in [9.17, 15) is 37.4 Å². The Bertz CT molecular complexity index is 1150. The second-order valence-electron chi connectivity index (χ2n) is 6.56. The summed E-state index contributed by atoms with van der Waals surface area (Å²) in [5.74, 6) is -5.48. The molecule has 0 spiro atoms. The predicted molar refractivity (Wildman–Crippen MR) is 97.2 cm³/mol. The lowest BCUT2D eigenvalue weighted by Crippen LogP contribution is -2.17. The van der Waals surface area contributed by atoms with Crippen LogP contribution in [0.4, 0.5) is 17.6 Å². The van der Waals surface area contributed by atoms with Gasteiger partial charge in [0.2, 0.25) is 0 Å². The molecule has 158 valence electrons. The fourth-order valence-electron chi connectivity index (χ4n) is 3.32.